The molecule has 0 atom stereocenters. The van der Waals surface area contributed by atoms with Crippen molar-refractivity contribution in [2.24, 2.45) is 0 Å². The fraction of sp³-hybridized carbons (Fsp3) is 0.273. The van der Waals surface area contributed by atoms with Crippen LogP contribution in [0.1, 0.15) is 0 Å². The number of nitrogens with one attached hydrogen (secondary N) is 1. The Morgan fingerprint density at radius 3 is 3.00 bits per heavy atom. The SMILES string of the molecule is COCCn1c(-c2ccc(Br)c(F)c2)n[nH]c1=S. The molecule has 2 aromatic rings. The summed E-state index contributed by atoms with van der Waals surface area (Å²) in [6.45, 7) is 1.08. The van der Waals surface area contributed by atoms with E-state index in [9.17, 15) is 4.39 Å². The summed E-state index contributed by atoms with van der Waals surface area (Å²) in [5, 5.41) is 6.82. The van der Waals surface area contributed by atoms with Crippen molar-refractivity contribution in [1.29, 1.82) is 0 Å². The molecule has 1 aromatic carbocycles. The number of halogens is 2. The molecule has 0 saturated heterocycles. The van der Waals surface area contributed by atoms with Gasteiger partial charge in [0.1, 0.15) is 5.82 Å². The van der Waals surface area contributed by atoms with E-state index in [1.54, 1.807) is 23.8 Å². The molecule has 0 bridgehead atoms. The molecule has 0 aliphatic heterocycles. The van der Waals surface area contributed by atoms with Crippen LogP contribution in [0.25, 0.3) is 11.4 Å². The number of aromatic nitrogens is 3. The van der Waals surface area contributed by atoms with Crippen LogP contribution in [0.15, 0.2) is 22.7 Å². The minimum atomic E-state index is -0.334. The van der Waals surface area contributed by atoms with Crippen molar-refractivity contribution < 1.29 is 9.13 Å². The van der Waals surface area contributed by atoms with E-state index >= 15 is 0 Å². The first-order valence-electron chi connectivity index (χ1n) is 5.23. The van der Waals surface area contributed by atoms with E-state index in [4.69, 9.17) is 17.0 Å². The van der Waals surface area contributed by atoms with E-state index in [-0.39, 0.29) is 5.82 Å². The number of aromatic amines is 1. The number of methoxy groups -OCH3 is 1. The number of H-pyrrole nitrogens is 1. The van der Waals surface area contributed by atoms with E-state index < -0.39 is 0 Å². The largest absolute Gasteiger partial charge is 0.383 e. The Hall–Kier alpha value is -1.05. The molecular weight excluding hydrogens is 321 g/mol. The first-order chi connectivity index (χ1) is 8.63. The maximum atomic E-state index is 13.5. The minimum Gasteiger partial charge on any atom is -0.383 e. The van der Waals surface area contributed by atoms with Gasteiger partial charge in [0, 0.05) is 12.7 Å². The first-order valence-corrected chi connectivity index (χ1v) is 6.43. The highest BCUT2D eigenvalue weighted by Gasteiger charge is 2.10. The molecule has 2 rings (SSSR count). The fourth-order valence-electron chi connectivity index (χ4n) is 1.56. The van der Waals surface area contributed by atoms with Crippen molar-refractivity contribution in [3.05, 3.63) is 33.3 Å². The maximum absolute atomic E-state index is 13.5. The molecular formula is C11H11BrFN3OS. The predicted octanol–water partition coefficient (Wildman–Crippen LogP) is 3.16. The number of rotatable bonds is 4. The molecule has 1 heterocycles. The van der Waals surface area contributed by atoms with Gasteiger partial charge in [-0.25, -0.2) is 4.39 Å². The summed E-state index contributed by atoms with van der Waals surface area (Å²) < 4.78 is 21.2. The standard InChI is InChI=1S/C11H11BrFN3OS/c1-17-5-4-16-10(14-15-11(16)18)7-2-3-8(12)9(13)6-7/h2-3,6H,4-5H2,1H3,(H,15,18). The van der Waals surface area contributed by atoms with Gasteiger partial charge in [-0.1, -0.05) is 0 Å². The van der Waals surface area contributed by atoms with Crippen LogP contribution in [0, 0.1) is 10.6 Å². The van der Waals surface area contributed by atoms with Crippen molar-refractivity contribution in [3.8, 4) is 11.4 Å². The van der Waals surface area contributed by atoms with Gasteiger partial charge in [0.05, 0.1) is 17.6 Å². The van der Waals surface area contributed by atoms with Gasteiger partial charge in [0.15, 0.2) is 10.6 Å². The van der Waals surface area contributed by atoms with Gasteiger partial charge < -0.3 is 4.74 Å². The van der Waals surface area contributed by atoms with Crippen LogP contribution < -0.4 is 0 Å². The summed E-state index contributed by atoms with van der Waals surface area (Å²) in [4.78, 5) is 0. The van der Waals surface area contributed by atoms with Crippen molar-refractivity contribution in [2.75, 3.05) is 13.7 Å². The van der Waals surface area contributed by atoms with Crippen LogP contribution in [0.4, 0.5) is 4.39 Å². The Morgan fingerprint density at radius 2 is 2.33 bits per heavy atom. The van der Waals surface area contributed by atoms with E-state index in [1.807, 2.05) is 0 Å². The van der Waals surface area contributed by atoms with Gasteiger partial charge >= 0.3 is 0 Å². The van der Waals surface area contributed by atoms with Crippen molar-refractivity contribution in [1.82, 2.24) is 14.8 Å². The molecule has 7 heteroatoms. The summed E-state index contributed by atoms with van der Waals surface area (Å²) in [6, 6.07) is 4.84. The second-order valence-corrected chi connectivity index (χ2v) is 4.87. The quantitative estimate of drug-likeness (QED) is 0.875. The van der Waals surface area contributed by atoms with Gasteiger partial charge in [0.2, 0.25) is 0 Å². The molecule has 0 unspecified atom stereocenters. The molecule has 1 aromatic heterocycles. The number of hydrogen-bond acceptors (Lipinski definition) is 3. The molecule has 4 nitrogen and oxygen atoms in total. The number of benzene rings is 1. The minimum absolute atomic E-state index is 0.334. The highest BCUT2D eigenvalue weighted by molar-refractivity contribution is 9.10. The van der Waals surface area contributed by atoms with Gasteiger partial charge in [-0.05, 0) is 46.3 Å². The Balaban J connectivity index is 2.43. The molecule has 0 fully saturated rings. The first kappa shape index (κ1) is 13.4. The van der Waals surface area contributed by atoms with Crippen molar-refractivity contribution >= 4 is 28.1 Å². The zero-order chi connectivity index (χ0) is 13.1. The zero-order valence-electron chi connectivity index (χ0n) is 9.61. The number of nitrogens with zero attached hydrogens (tertiary/aromatic N) is 2. The van der Waals surface area contributed by atoms with E-state index in [0.717, 1.165) is 0 Å². The van der Waals surface area contributed by atoms with Gasteiger partial charge in [-0.3, -0.25) is 9.67 Å². The smallest absolute Gasteiger partial charge is 0.195 e. The summed E-state index contributed by atoms with van der Waals surface area (Å²) in [5.41, 5.74) is 0.666. The highest BCUT2D eigenvalue weighted by atomic mass is 79.9. The molecule has 0 aliphatic carbocycles. The molecule has 0 saturated carbocycles. The second kappa shape index (κ2) is 5.73. The lowest BCUT2D eigenvalue weighted by Crippen LogP contribution is -2.06. The third kappa shape index (κ3) is 2.68. The molecule has 0 amide bonds. The monoisotopic (exact) mass is 331 g/mol. The lowest BCUT2D eigenvalue weighted by molar-refractivity contribution is 0.187. The van der Waals surface area contributed by atoms with E-state index in [0.29, 0.717) is 33.8 Å². The van der Waals surface area contributed by atoms with Crippen LogP contribution in [-0.2, 0) is 11.3 Å². The second-order valence-electron chi connectivity index (χ2n) is 3.63. The normalized spacial score (nSPS) is 10.8. The predicted molar refractivity (Wildman–Crippen MR) is 72.4 cm³/mol. The molecule has 96 valence electrons. The fourth-order valence-corrected chi connectivity index (χ4v) is 2.03. The van der Waals surface area contributed by atoms with Crippen LogP contribution in [-0.4, -0.2) is 28.5 Å². The van der Waals surface area contributed by atoms with Crippen molar-refractivity contribution in [2.45, 2.75) is 6.54 Å². The third-order valence-electron chi connectivity index (χ3n) is 2.46. The third-order valence-corrected chi connectivity index (χ3v) is 3.41. The Kier molecular flexibility index (Phi) is 4.26. The molecule has 1 N–H and O–H groups in total. The van der Waals surface area contributed by atoms with Gasteiger partial charge in [-0.2, -0.15) is 5.10 Å². The topological polar surface area (TPSA) is 42.8 Å². The Bertz CT molecular complexity index is 611. The van der Waals surface area contributed by atoms with Gasteiger partial charge in [-0.15, -0.1) is 0 Å². The van der Waals surface area contributed by atoms with E-state index in [1.165, 1.54) is 6.07 Å². The summed E-state index contributed by atoms with van der Waals surface area (Å²) in [7, 11) is 1.61. The van der Waals surface area contributed by atoms with Gasteiger partial charge in [0.25, 0.3) is 0 Å². The average Bonchev–Trinajstić information content (AvgIpc) is 2.72. The lowest BCUT2D eigenvalue weighted by Gasteiger charge is -2.06. The number of hydrogen-bond donors (Lipinski definition) is 1. The Labute approximate surface area is 117 Å². The van der Waals surface area contributed by atoms with Crippen LogP contribution in [0.5, 0.6) is 0 Å². The summed E-state index contributed by atoms with van der Waals surface area (Å²) >= 11 is 8.25. The Morgan fingerprint density at radius 1 is 1.56 bits per heavy atom. The summed E-state index contributed by atoms with van der Waals surface area (Å²) in [5.74, 6) is 0.267. The lowest BCUT2D eigenvalue weighted by atomic mass is 10.2. The van der Waals surface area contributed by atoms with Crippen LogP contribution in [0.3, 0.4) is 0 Å². The molecule has 0 spiro atoms. The maximum Gasteiger partial charge on any atom is 0.195 e. The van der Waals surface area contributed by atoms with Crippen molar-refractivity contribution in [3.63, 3.8) is 0 Å². The highest BCUT2D eigenvalue weighted by Crippen LogP contribution is 2.23. The van der Waals surface area contributed by atoms with Crippen LogP contribution >= 0.6 is 28.1 Å². The molecule has 0 aliphatic rings. The summed E-state index contributed by atoms with van der Waals surface area (Å²) in [6.07, 6.45) is 0. The number of ether oxygens (including phenoxy) is 1. The van der Waals surface area contributed by atoms with E-state index in [2.05, 4.69) is 26.1 Å². The molecule has 0 radical (unpaired) electrons. The average molecular weight is 332 g/mol. The zero-order valence-corrected chi connectivity index (χ0v) is 12.0. The molecule has 18 heavy (non-hydrogen) atoms. The van der Waals surface area contributed by atoms with Crippen LogP contribution in [0.2, 0.25) is 0 Å².